The Kier molecular flexibility index (Phi) is 6.39. The van der Waals surface area contributed by atoms with Gasteiger partial charge in [0, 0.05) is 18.6 Å². The summed E-state index contributed by atoms with van der Waals surface area (Å²) in [5, 5.41) is 3.42. The van der Waals surface area contributed by atoms with Gasteiger partial charge in [-0.2, -0.15) is 0 Å². The molecule has 0 aliphatic rings. The summed E-state index contributed by atoms with van der Waals surface area (Å²) in [4.78, 5) is 0. The van der Waals surface area contributed by atoms with Crippen molar-refractivity contribution in [1.82, 2.24) is 5.32 Å². The third-order valence-electron chi connectivity index (χ3n) is 2.69. The van der Waals surface area contributed by atoms with Crippen molar-refractivity contribution in [3.63, 3.8) is 0 Å². The fourth-order valence-corrected chi connectivity index (χ4v) is 0.986. The van der Waals surface area contributed by atoms with Crippen molar-refractivity contribution >= 4 is 0 Å². The predicted molar refractivity (Wildman–Crippen MR) is 55.2 cm³/mol. The van der Waals surface area contributed by atoms with Crippen LogP contribution in [0.1, 0.15) is 40.5 Å². The molecule has 0 saturated heterocycles. The lowest BCUT2D eigenvalue weighted by Gasteiger charge is -2.21. The average molecular weight is 172 g/mol. The second kappa shape index (κ2) is 6.44. The molecular formula is C10H24N2. The van der Waals surface area contributed by atoms with Gasteiger partial charge in [0.1, 0.15) is 0 Å². The molecule has 0 heterocycles. The van der Waals surface area contributed by atoms with Crippen LogP contribution < -0.4 is 11.1 Å². The highest BCUT2D eigenvalue weighted by atomic mass is 14.9. The van der Waals surface area contributed by atoms with E-state index in [1.807, 2.05) is 0 Å². The number of hydrogen-bond acceptors (Lipinski definition) is 2. The maximum Gasteiger partial charge on any atom is 0.0191 e. The van der Waals surface area contributed by atoms with Crippen molar-refractivity contribution < 1.29 is 0 Å². The van der Waals surface area contributed by atoms with Crippen molar-refractivity contribution in [3.05, 3.63) is 0 Å². The molecule has 0 amide bonds. The van der Waals surface area contributed by atoms with Crippen LogP contribution in [-0.4, -0.2) is 18.6 Å². The monoisotopic (exact) mass is 172 g/mol. The fraction of sp³-hybridized carbons (Fsp3) is 1.00. The van der Waals surface area contributed by atoms with Gasteiger partial charge in [-0.3, -0.25) is 0 Å². The van der Waals surface area contributed by atoms with E-state index in [0.29, 0.717) is 18.0 Å². The van der Waals surface area contributed by atoms with E-state index in [1.54, 1.807) is 0 Å². The van der Waals surface area contributed by atoms with Gasteiger partial charge in [0.15, 0.2) is 0 Å². The maximum atomic E-state index is 5.97. The second-order valence-corrected chi connectivity index (χ2v) is 3.77. The van der Waals surface area contributed by atoms with Crippen LogP contribution in [0.4, 0.5) is 0 Å². The molecule has 0 radical (unpaired) electrons. The van der Waals surface area contributed by atoms with E-state index in [1.165, 1.54) is 12.8 Å². The lowest BCUT2D eigenvalue weighted by atomic mass is 10.00. The Labute approximate surface area is 76.9 Å². The summed E-state index contributed by atoms with van der Waals surface area (Å²) in [7, 11) is 0. The zero-order valence-electron chi connectivity index (χ0n) is 8.93. The Morgan fingerprint density at radius 2 is 1.75 bits per heavy atom. The first-order valence-electron chi connectivity index (χ1n) is 5.10. The van der Waals surface area contributed by atoms with Crippen LogP contribution >= 0.6 is 0 Å². The van der Waals surface area contributed by atoms with Crippen molar-refractivity contribution in [1.29, 1.82) is 0 Å². The molecule has 74 valence electrons. The molecule has 0 aliphatic carbocycles. The first kappa shape index (κ1) is 11.9. The summed E-state index contributed by atoms with van der Waals surface area (Å²) in [6.45, 7) is 9.73. The highest BCUT2D eigenvalue weighted by molar-refractivity contribution is 4.72. The minimum Gasteiger partial charge on any atom is -0.326 e. The topological polar surface area (TPSA) is 38.0 Å². The van der Waals surface area contributed by atoms with E-state index in [-0.39, 0.29) is 0 Å². The van der Waals surface area contributed by atoms with Crippen molar-refractivity contribution in [2.75, 3.05) is 6.54 Å². The summed E-state index contributed by atoms with van der Waals surface area (Å²) < 4.78 is 0. The number of nitrogens with one attached hydrogen (secondary N) is 1. The third-order valence-corrected chi connectivity index (χ3v) is 2.69. The van der Waals surface area contributed by atoms with Gasteiger partial charge >= 0.3 is 0 Å². The quantitative estimate of drug-likeness (QED) is 0.640. The van der Waals surface area contributed by atoms with E-state index in [2.05, 4.69) is 33.0 Å². The molecule has 0 fully saturated rings. The van der Waals surface area contributed by atoms with Gasteiger partial charge in [-0.05, 0) is 19.3 Å². The van der Waals surface area contributed by atoms with Crippen LogP contribution in [0.15, 0.2) is 0 Å². The lowest BCUT2D eigenvalue weighted by Crippen LogP contribution is -2.41. The molecule has 0 aliphatic heterocycles. The first-order valence-corrected chi connectivity index (χ1v) is 5.10. The third kappa shape index (κ3) is 4.73. The zero-order valence-corrected chi connectivity index (χ0v) is 8.93. The van der Waals surface area contributed by atoms with Gasteiger partial charge in [-0.15, -0.1) is 0 Å². The summed E-state index contributed by atoms with van der Waals surface area (Å²) in [6.07, 6.45) is 2.34. The van der Waals surface area contributed by atoms with Gasteiger partial charge in [0.05, 0.1) is 0 Å². The Bertz CT molecular complexity index is 104. The predicted octanol–water partition coefficient (Wildman–Crippen LogP) is 1.75. The Hall–Kier alpha value is -0.0800. The second-order valence-electron chi connectivity index (χ2n) is 3.77. The first-order chi connectivity index (χ1) is 5.61. The molecule has 2 heteroatoms. The molecule has 3 atom stereocenters. The fourth-order valence-electron chi connectivity index (χ4n) is 0.986. The van der Waals surface area contributed by atoms with Crippen LogP contribution in [0.2, 0.25) is 0 Å². The Balaban J connectivity index is 3.49. The molecule has 3 N–H and O–H groups in total. The van der Waals surface area contributed by atoms with Gasteiger partial charge in [-0.25, -0.2) is 0 Å². The van der Waals surface area contributed by atoms with Crippen LogP contribution in [0.5, 0.6) is 0 Å². The standard InChI is InChI=1S/C10H24N2/c1-5-8(3)10(11)7-12-9(4)6-2/h8-10,12H,5-7,11H2,1-4H3. The van der Waals surface area contributed by atoms with Gasteiger partial charge in [0.2, 0.25) is 0 Å². The molecule has 3 unspecified atom stereocenters. The molecule has 0 rings (SSSR count). The molecule has 0 aromatic carbocycles. The van der Waals surface area contributed by atoms with Crippen LogP contribution in [-0.2, 0) is 0 Å². The highest BCUT2D eigenvalue weighted by Gasteiger charge is 2.10. The van der Waals surface area contributed by atoms with Crippen LogP contribution in [0, 0.1) is 5.92 Å². The summed E-state index contributed by atoms with van der Waals surface area (Å²) in [6, 6.07) is 0.907. The van der Waals surface area contributed by atoms with E-state index >= 15 is 0 Å². The Morgan fingerprint density at radius 3 is 2.17 bits per heavy atom. The summed E-state index contributed by atoms with van der Waals surface area (Å²) in [5.41, 5.74) is 5.97. The van der Waals surface area contributed by atoms with Gasteiger partial charge in [-0.1, -0.05) is 27.2 Å². The number of rotatable bonds is 6. The molecule has 2 nitrogen and oxygen atoms in total. The van der Waals surface area contributed by atoms with E-state index in [4.69, 9.17) is 5.73 Å². The average Bonchev–Trinajstić information content (AvgIpc) is 2.11. The van der Waals surface area contributed by atoms with Crippen molar-refractivity contribution in [2.45, 2.75) is 52.6 Å². The molecule has 0 bridgehead atoms. The van der Waals surface area contributed by atoms with Gasteiger partial charge < -0.3 is 11.1 Å². The minimum atomic E-state index is 0.309. The largest absolute Gasteiger partial charge is 0.326 e. The molecule has 0 aromatic rings. The lowest BCUT2D eigenvalue weighted by molar-refractivity contribution is 0.396. The molecule has 12 heavy (non-hydrogen) atoms. The van der Waals surface area contributed by atoms with Crippen LogP contribution in [0.25, 0.3) is 0 Å². The SMILES string of the molecule is CCC(C)NCC(N)C(C)CC. The number of hydrogen-bond donors (Lipinski definition) is 2. The molecule has 0 saturated carbocycles. The normalized spacial score (nSPS) is 18.8. The minimum absolute atomic E-state index is 0.309. The van der Waals surface area contributed by atoms with Crippen LogP contribution in [0.3, 0.4) is 0 Å². The molecule has 0 spiro atoms. The van der Waals surface area contributed by atoms with E-state index in [0.717, 1.165) is 6.54 Å². The molecular weight excluding hydrogens is 148 g/mol. The van der Waals surface area contributed by atoms with E-state index in [9.17, 15) is 0 Å². The Morgan fingerprint density at radius 1 is 1.17 bits per heavy atom. The zero-order chi connectivity index (χ0) is 9.56. The summed E-state index contributed by atoms with van der Waals surface area (Å²) >= 11 is 0. The molecule has 0 aromatic heterocycles. The maximum absolute atomic E-state index is 5.97. The van der Waals surface area contributed by atoms with Crippen molar-refractivity contribution in [2.24, 2.45) is 11.7 Å². The highest BCUT2D eigenvalue weighted by Crippen LogP contribution is 2.04. The smallest absolute Gasteiger partial charge is 0.0191 e. The number of nitrogens with two attached hydrogens (primary N) is 1. The van der Waals surface area contributed by atoms with Gasteiger partial charge in [0.25, 0.3) is 0 Å². The van der Waals surface area contributed by atoms with E-state index < -0.39 is 0 Å². The van der Waals surface area contributed by atoms with Crippen molar-refractivity contribution in [3.8, 4) is 0 Å². The summed E-state index contributed by atoms with van der Waals surface area (Å²) in [5.74, 6) is 0.626.